The van der Waals surface area contributed by atoms with Gasteiger partial charge in [0.05, 0.1) is 13.2 Å². The molecule has 0 saturated heterocycles. The Balaban J connectivity index is 2.17. The zero-order chi connectivity index (χ0) is 12.4. The second kappa shape index (κ2) is 4.57. The molecule has 1 aliphatic heterocycles. The van der Waals surface area contributed by atoms with E-state index in [1.807, 2.05) is 4.57 Å². The van der Waals surface area contributed by atoms with Gasteiger partial charge in [0.25, 0.3) is 0 Å². The van der Waals surface area contributed by atoms with E-state index in [1.54, 1.807) is 18.0 Å². The van der Waals surface area contributed by atoms with Crippen LogP contribution in [-0.2, 0) is 22.6 Å². The monoisotopic (exact) mass is 237 g/mol. The standard InChI is InChI=1S/C11H15N3O3/c1-3-17-11(16)9-6-14-5-4-13(8(2)15)7-10(14)12-9/h6H,3-5,7H2,1-2H3. The summed E-state index contributed by atoms with van der Waals surface area (Å²) in [6.45, 7) is 5.40. The summed E-state index contributed by atoms with van der Waals surface area (Å²) >= 11 is 0. The third-order valence-electron chi connectivity index (χ3n) is 2.73. The van der Waals surface area contributed by atoms with Crippen LogP contribution >= 0.6 is 0 Å². The molecule has 0 N–H and O–H groups in total. The SMILES string of the molecule is CCOC(=O)c1cn2c(n1)CN(C(C)=O)CC2. The predicted molar refractivity (Wildman–Crippen MR) is 59.3 cm³/mol. The highest BCUT2D eigenvalue weighted by Crippen LogP contribution is 2.13. The highest BCUT2D eigenvalue weighted by Gasteiger charge is 2.22. The lowest BCUT2D eigenvalue weighted by atomic mass is 10.3. The molecule has 0 saturated carbocycles. The van der Waals surface area contributed by atoms with Gasteiger partial charge < -0.3 is 14.2 Å². The number of carbonyl (C=O) groups excluding carboxylic acids is 2. The van der Waals surface area contributed by atoms with Crippen molar-refractivity contribution in [2.75, 3.05) is 13.2 Å². The Kier molecular flexibility index (Phi) is 3.12. The van der Waals surface area contributed by atoms with Crippen molar-refractivity contribution in [2.45, 2.75) is 26.9 Å². The quantitative estimate of drug-likeness (QED) is 0.699. The van der Waals surface area contributed by atoms with Gasteiger partial charge in [-0.15, -0.1) is 0 Å². The zero-order valence-electron chi connectivity index (χ0n) is 9.97. The average molecular weight is 237 g/mol. The van der Waals surface area contributed by atoms with Crippen molar-refractivity contribution < 1.29 is 14.3 Å². The van der Waals surface area contributed by atoms with Gasteiger partial charge in [0.1, 0.15) is 5.82 Å². The number of aromatic nitrogens is 2. The molecule has 0 atom stereocenters. The Labute approximate surface area is 99.2 Å². The Hall–Kier alpha value is -1.85. The van der Waals surface area contributed by atoms with E-state index in [1.165, 1.54) is 6.92 Å². The molecule has 1 amide bonds. The minimum Gasteiger partial charge on any atom is -0.461 e. The van der Waals surface area contributed by atoms with E-state index < -0.39 is 5.97 Å². The minimum absolute atomic E-state index is 0.0249. The lowest BCUT2D eigenvalue weighted by Crippen LogP contribution is -2.36. The maximum Gasteiger partial charge on any atom is 0.358 e. The number of nitrogens with zero attached hydrogens (tertiary/aromatic N) is 3. The van der Waals surface area contributed by atoms with Gasteiger partial charge >= 0.3 is 5.97 Å². The molecule has 2 rings (SSSR count). The number of imidazole rings is 1. The third-order valence-corrected chi connectivity index (χ3v) is 2.73. The average Bonchev–Trinajstić information content (AvgIpc) is 2.71. The first-order chi connectivity index (χ1) is 8.11. The van der Waals surface area contributed by atoms with Gasteiger partial charge in [0, 0.05) is 26.2 Å². The molecule has 0 aromatic carbocycles. The van der Waals surface area contributed by atoms with Gasteiger partial charge in [0.2, 0.25) is 5.91 Å². The summed E-state index contributed by atoms with van der Waals surface area (Å²) < 4.78 is 6.78. The van der Waals surface area contributed by atoms with E-state index >= 15 is 0 Å². The molecule has 92 valence electrons. The van der Waals surface area contributed by atoms with Gasteiger partial charge in [0.15, 0.2) is 5.69 Å². The van der Waals surface area contributed by atoms with Gasteiger partial charge in [-0.3, -0.25) is 4.79 Å². The largest absolute Gasteiger partial charge is 0.461 e. The number of carbonyl (C=O) groups is 2. The van der Waals surface area contributed by atoms with Crippen LogP contribution in [-0.4, -0.2) is 39.5 Å². The number of hydrogen-bond donors (Lipinski definition) is 0. The van der Waals surface area contributed by atoms with Crippen molar-refractivity contribution in [1.29, 1.82) is 0 Å². The molecular weight excluding hydrogens is 222 g/mol. The molecular formula is C11H15N3O3. The number of fused-ring (bicyclic) bond motifs is 1. The Morgan fingerprint density at radius 1 is 1.47 bits per heavy atom. The number of esters is 1. The molecule has 17 heavy (non-hydrogen) atoms. The van der Waals surface area contributed by atoms with E-state index in [2.05, 4.69) is 4.98 Å². The normalized spacial score (nSPS) is 14.4. The smallest absolute Gasteiger partial charge is 0.358 e. The van der Waals surface area contributed by atoms with Crippen molar-refractivity contribution in [3.8, 4) is 0 Å². The van der Waals surface area contributed by atoms with Crippen LogP contribution in [0.15, 0.2) is 6.20 Å². The van der Waals surface area contributed by atoms with Crippen molar-refractivity contribution in [3.05, 3.63) is 17.7 Å². The molecule has 1 aromatic rings. The van der Waals surface area contributed by atoms with Crippen molar-refractivity contribution >= 4 is 11.9 Å². The molecule has 0 spiro atoms. The van der Waals surface area contributed by atoms with Crippen LogP contribution < -0.4 is 0 Å². The van der Waals surface area contributed by atoms with E-state index in [9.17, 15) is 9.59 Å². The topological polar surface area (TPSA) is 64.4 Å². The highest BCUT2D eigenvalue weighted by molar-refractivity contribution is 5.87. The highest BCUT2D eigenvalue weighted by atomic mass is 16.5. The molecule has 0 aliphatic carbocycles. The molecule has 6 nitrogen and oxygen atoms in total. The van der Waals surface area contributed by atoms with E-state index in [0.29, 0.717) is 31.9 Å². The van der Waals surface area contributed by atoms with Crippen molar-refractivity contribution in [1.82, 2.24) is 14.5 Å². The fourth-order valence-electron chi connectivity index (χ4n) is 1.82. The number of amides is 1. The van der Waals surface area contributed by atoms with Crippen LogP contribution in [0, 0.1) is 0 Å². The molecule has 0 bridgehead atoms. The third kappa shape index (κ3) is 2.30. The van der Waals surface area contributed by atoms with E-state index in [4.69, 9.17) is 4.74 Å². The first-order valence-corrected chi connectivity index (χ1v) is 5.60. The number of rotatable bonds is 2. The lowest BCUT2D eigenvalue weighted by Gasteiger charge is -2.26. The summed E-state index contributed by atoms with van der Waals surface area (Å²) in [6, 6.07) is 0. The van der Waals surface area contributed by atoms with Crippen LogP contribution in [0.4, 0.5) is 0 Å². The summed E-state index contributed by atoms with van der Waals surface area (Å²) in [4.78, 5) is 28.7. The first-order valence-electron chi connectivity index (χ1n) is 5.60. The molecule has 0 fully saturated rings. The van der Waals surface area contributed by atoms with Gasteiger partial charge in [-0.2, -0.15) is 0 Å². The summed E-state index contributed by atoms with van der Waals surface area (Å²) in [5.74, 6) is 0.343. The van der Waals surface area contributed by atoms with Gasteiger partial charge in [-0.05, 0) is 6.92 Å². The molecule has 0 radical (unpaired) electrons. The van der Waals surface area contributed by atoms with Crippen LogP contribution in [0.3, 0.4) is 0 Å². The van der Waals surface area contributed by atoms with Crippen LogP contribution in [0.25, 0.3) is 0 Å². The van der Waals surface area contributed by atoms with Crippen molar-refractivity contribution in [3.63, 3.8) is 0 Å². The Morgan fingerprint density at radius 3 is 2.88 bits per heavy atom. The summed E-state index contributed by atoms with van der Waals surface area (Å²) in [7, 11) is 0. The second-order valence-electron chi connectivity index (χ2n) is 3.90. The molecule has 2 heterocycles. The van der Waals surface area contributed by atoms with Crippen LogP contribution in [0.2, 0.25) is 0 Å². The molecule has 1 aliphatic rings. The summed E-state index contributed by atoms with van der Waals surface area (Å²) in [5.41, 5.74) is 0.312. The number of ether oxygens (including phenoxy) is 1. The number of hydrogen-bond acceptors (Lipinski definition) is 4. The van der Waals surface area contributed by atoms with Crippen LogP contribution in [0.5, 0.6) is 0 Å². The first kappa shape index (κ1) is 11.6. The maximum absolute atomic E-state index is 11.5. The zero-order valence-corrected chi connectivity index (χ0v) is 9.97. The van der Waals surface area contributed by atoms with E-state index in [0.717, 1.165) is 5.82 Å². The molecule has 1 aromatic heterocycles. The fraction of sp³-hybridized carbons (Fsp3) is 0.545. The van der Waals surface area contributed by atoms with Gasteiger partial charge in [-0.1, -0.05) is 0 Å². The van der Waals surface area contributed by atoms with Gasteiger partial charge in [-0.25, -0.2) is 9.78 Å². The van der Waals surface area contributed by atoms with E-state index in [-0.39, 0.29) is 5.91 Å². The minimum atomic E-state index is -0.413. The predicted octanol–water partition coefficient (Wildman–Crippen LogP) is 0.422. The summed E-state index contributed by atoms with van der Waals surface area (Å²) in [5, 5.41) is 0. The summed E-state index contributed by atoms with van der Waals surface area (Å²) in [6.07, 6.45) is 1.69. The molecule has 0 unspecified atom stereocenters. The Morgan fingerprint density at radius 2 is 2.24 bits per heavy atom. The Bertz CT molecular complexity index is 453. The fourth-order valence-corrected chi connectivity index (χ4v) is 1.82. The lowest BCUT2D eigenvalue weighted by molar-refractivity contribution is -0.130. The van der Waals surface area contributed by atoms with Crippen molar-refractivity contribution in [2.24, 2.45) is 0 Å². The second-order valence-corrected chi connectivity index (χ2v) is 3.90. The molecule has 6 heteroatoms. The maximum atomic E-state index is 11.5. The van der Waals surface area contributed by atoms with Crippen LogP contribution in [0.1, 0.15) is 30.2 Å².